The van der Waals surface area contributed by atoms with Gasteiger partial charge in [-0.05, 0) is 49.3 Å². The Balaban J connectivity index is 0.00000300. The Bertz CT molecular complexity index is 685. The lowest BCUT2D eigenvalue weighted by Gasteiger charge is -2.22. The lowest BCUT2D eigenvalue weighted by Crippen LogP contribution is -2.39. The molecule has 2 atom stereocenters. The molecule has 5 nitrogen and oxygen atoms in total. The standard InChI is InChI=1S/C23H36N4O.HI/c1-4-24-23(26-21-16-20(21)18-10-6-5-7-11-18)25-14-13-17-9-8-12-19(15-17)22(28)27(2)3;/h8-9,12,15,18,20-21H,4-7,10-11,13-14,16H2,1-3H3,(H2,24,25,26);1H. The zero-order valence-corrected chi connectivity index (χ0v) is 20.4. The summed E-state index contributed by atoms with van der Waals surface area (Å²) in [5.41, 5.74) is 1.89. The van der Waals surface area contributed by atoms with Gasteiger partial charge in [-0.3, -0.25) is 9.79 Å². The number of carbonyl (C=O) groups excluding carboxylic acids is 1. The Morgan fingerprint density at radius 2 is 1.97 bits per heavy atom. The topological polar surface area (TPSA) is 56.7 Å². The predicted octanol–water partition coefficient (Wildman–Crippen LogP) is 4.07. The van der Waals surface area contributed by atoms with Crippen molar-refractivity contribution in [2.75, 3.05) is 27.2 Å². The number of nitrogens with zero attached hydrogens (tertiary/aromatic N) is 2. The summed E-state index contributed by atoms with van der Waals surface area (Å²) in [4.78, 5) is 18.5. The van der Waals surface area contributed by atoms with Gasteiger partial charge in [-0.2, -0.15) is 0 Å². The molecule has 2 aliphatic rings. The van der Waals surface area contributed by atoms with E-state index < -0.39 is 0 Å². The molecule has 1 amide bonds. The van der Waals surface area contributed by atoms with Gasteiger partial charge >= 0.3 is 0 Å². The molecule has 6 heteroatoms. The van der Waals surface area contributed by atoms with Crippen molar-refractivity contribution in [2.45, 2.75) is 57.9 Å². The fourth-order valence-corrected chi connectivity index (χ4v) is 4.37. The van der Waals surface area contributed by atoms with E-state index in [9.17, 15) is 4.79 Å². The zero-order valence-electron chi connectivity index (χ0n) is 18.1. The summed E-state index contributed by atoms with van der Waals surface area (Å²) in [7, 11) is 3.57. The monoisotopic (exact) mass is 512 g/mol. The summed E-state index contributed by atoms with van der Waals surface area (Å²) in [5.74, 6) is 2.75. The van der Waals surface area contributed by atoms with Gasteiger partial charge in [0.05, 0.1) is 0 Å². The van der Waals surface area contributed by atoms with Crippen LogP contribution < -0.4 is 10.6 Å². The molecule has 2 aliphatic carbocycles. The first-order valence-corrected chi connectivity index (χ1v) is 10.9. The SMILES string of the molecule is CCNC(=NCCc1cccc(C(=O)N(C)C)c1)NC1CC1C1CCCCC1.I. The van der Waals surface area contributed by atoms with Crippen LogP contribution in [0.25, 0.3) is 0 Å². The Kier molecular flexibility index (Phi) is 9.72. The van der Waals surface area contributed by atoms with Crippen LogP contribution in [0.4, 0.5) is 0 Å². The van der Waals surface area contributed by atoms with Crippen LogP contribution in [0.1, 0.15) is 61.4 Å². The molecule has 0 bridgehead atoms. The third-order valence-electron chi connectivity index (χ3n) is 6.01. The number of halogens is 1. The molecule has 0 aromatic heterocycles. The first-order valence-electron chi connectivity index (χ1n) is 10.9. The van der Waals surface area contributed by atoms with Gasteiger partial charge in [-0.15, -0.1) is 24.0 Å². The van der Waals surface area contributed by atoms with E-state index >= 15 is 0 Å². The Morgan fingerprint density at radius 1 is 1.21 bits per heavy atom. The van der Waals surface area contributed by atoms with Crippen LogP contribution in [-0.2, 0) is 6.42 Å². The second-order valence-corrected chi connectivity index (χ2v) is 8.46. The van der Waals surface area contributed by atoms with E-state index in [0.717, 1.165) is 48.4 Å². The number of aliphatic imine (C=N–C) groups is 1. The Hall–Kier alpha value is -1.31. The maximum absolute atomic E-state index is 12.1. The van der Waals surface area contributed by atoms with E-state index in [-0.39, 0.29) is 29.9 Å². The number of guanidine groups is 1. The number of nitrogens with one attached hydrogen (secondary N) is 2. The number of hydrogen-bond acceptors (Lipinski definition) is 2. The van der Waals surface area contributed by atoms with Crippen LogP contribution in [0, 0.1) is 11.8 Å². The number of rotatable bonds is 7. The van der Waals surface area contributed by atoms with E-state index in [1.54, 1.807) is 19.0 Å². The van der Waals surface area contributed by atoms with Crippen molar-refractivity contribution in [3.8, 4) is 0 Å². The van der Waals surface area contributed by atoms with Gasteiger partial charge in [0.2, 0.25) is 0 Å². The highest BCUT2D eigenvalue weighted by Crippen LogP contribution is 2.44. The van der Waals surface area contributed by atoms with Crippen LogP contribution in [-0.4, -0.2) is 50.0 Å². The molecule has 2 N–H and O–H groups in total. The second-order valence-electron chi connectivity index (χ2n) is 8.46. The third-order valence-corrected chi connectivity index (χ3v) is 6.01. The number of carbonyl (C=O) groups is 1. The summed E-state index contributed by atoms with van der Waals surface area (Å²) in [6.07, 6.45) is 9.21. The molecular weight excluding hydrogens is 475 g/mol. The molecule has 0 spiro atoms. The predicted molar refractivity (Wildman–Crippen MR) is 131 cm³/mol. The van der Waals surface area contributed by atoms with Gasteiger partial charge in [0.15, 0.2) is 5.96 Å². The molecule has 3 rings (SSSR count). The number of amides is 1. The number of hydrogen-bond donors (Lipinski definition) is 2. The number of benzene rings is 1. The first kappa shape index (κ1) is 24.0. The van der Waals surface area contributed by atoms with E-state index in [1.807, 2.05) is 18.2 Å². The summed E-state index contributed by atoms with van der Waals surface area (Å²) in [6, 6.07) is 8.49. The molecule has 0 aliphatic heterocycles. The summed E-state index contributed by atoms with van der Waals surface area (Å²) in [5, 5.41) is 7.03. The molecule has 2 saturated carbocycles. The van der Waals surface area contributed by atoms with Crippen molar-refractivity contribution in [3.63, 3.8) is 0 Å². The molecule has 1 aromatic carbocycles. The van der Waals surface area contributed by atoms with Gasteiger partial charge in [-0.1, -0.05) is 44.2 Å². The van der Waals surface area contributed by atoms with Gasteiger partial charge in [-0.25, -0.2) is 0 Å². The molecule has 2 fully saturated rings. The van der Waals surface area contributed by atoms with Gasteiger partial charge in [0.25, 0.3) is 5.91 Å². The minimum Gasteiger partial charge on any atom is -0.357 e. The molecule has 0 radical (unpaired) electrons. The lowest BCUT2D eigenvalue weighted by atomic mass is 9.85. The molecule has 29 heavy (non-hydrogen) atoms. The van der Waals surface area contributed by atoms with E-state index in [2.05, 4.69) is 23.6 Å². The van der Waals surface area contributed by atoms with Gasteiger partial charge < -0.3 is 15.5 Å². The molecular formula is C23H37IN4O. The van der Waals surface area contributed by atoms with Gasteiger partial charge in [0, 0.05) is 38.8 Å². The van der Waals surface area contributed by atoms with Crippen molar-refractivity contribution < 1.29 is 4.79 Å². The summed E-state index contributed by atoms with van der Waals surface area (Å²) < 4.78 is 0. The minimum absolute atomic E-state index is 0. The van der Waals surface area contributed by atoms with Crippen LogP contribution in [0.3, 0.4) is 0 Å². The lowest BCUT2D eigenvalue weighted by molar-refractivity contribution is 0.0827. The van der Waals surface area contributed by atoms with Crippen molar-refractivity contribution in [2.24, 2.45) is 16.8 Å². The van der Waals surface area contributed by atoms with E-state index in [0.29, 0.717) is 6.04 Å². The summed E-state index contributed by atoms with van der Waals surface area (Å²) >= 11 is 0. The largest absolute Gasteiger partial charge is 0.357 e. The fourth-order valence-electron chi connectivity index (χ4n) is 4.37. The highest BCUT2D eigenvalue weighted by Gasteiger charge is 2.43. The first-order chi connectivity index (χ1) is 13.6. The van der Waals surface area contributed by atoms with Crippen molar-refractivity contribution in [1.82, 2.24) is 15.5 Å². The van der Waals surface area contributed by atoms with E-state index in [4.69, 9.17) is 4.99 Å². The molecule has 0 saturated heterocycles. The average Bonchev–Trinajstić information content (AvgIpc) is 3.47. The van der Waals surface area contributed by atoms with Crippen molar-refractivity contribution >= 4 is 35.8 Å². The minimum atomic E-state index is 0. The van der Waals surface area contributed by atoms with Crippen LogP contribution in [0.15, 0.2) is 29.3 Å². The van der Waals surface area contributed by atoms with Crippen LogP contribution >= 0.6 is 24.0 Å². The molecule has 0 heterocycles. The normalized spacial score (nSPS) is 21.8. The average molecular weight is 512 g/mol. The second kappa shape index (κ2) is 11.8. The highest BCUT2D eigenvalue weighted by atomic mass is 127. The molecule has 162 valence electrons. The quantitative estimate of drug-likeness (QED) is 0.329. The van der Waals surface area contributed by atoms with Crippen molar-refractivity contribution in [3.05, 3.63) is 35.4 Å². The molecule has 2 unspecified atom stereocenters. The smallest absolute Gasteiger partial charge is 0.253 e. The maximum atomic E-state index is 12.1. The maximum Gasteiger partial charge on any atom is 0.253 e. The van der Waals surface area contributed by atoms with Crippen LogP contribution in [0.5, 0.6) is 0 Å². The van der Waals surface area contributed by atoms with Crippen molar-refractivity contribution in [1.29, 1.82) is 0 Å². The third kappa shape index (κ3) is 7.15. The Morgan fingerprint density at radius 3 is 2.66 bits per heavy atom. The zero-order chi connectivity index (χ0) is 19.9. The van der Waals surface area contributed by atoms with Crippen LogP contribution in [0.2, 0.25) is 0 Å². The Labute approximate surface area is 193 Å². The summed E-state index contributed by atoms with van der Waals surface area (Å²) in [6.45, 7) is 3.70. The molecule has 1 aromatic rings. The fraction of sp³-hybridized carbons (Fsp3) is 0.652. The van der Waals surface area contributed by atoms with Gasteiger partial charge in [0.1, 0.15) is 0 Å². The van der Waals surface area contributed by atoms with E-state index in [1.165, 1.54) is 38.5 Å². The highest BCUT2D eigenvalue weighted by molar-refractivity contribution is 14.0.